The summed E-state index contributed by atoms with van der Waals surface area (Å²) in [5.41, 5.74) is 0. The minimum Gasteiger partial charge on any atom is -0.394 e. The Morgan fingerprint density at radius 1 is 0.618 bits per heavy atom. The molecular formula is C18H34O16. The molecule has 34 heavy (non-hydrogen) atoms. The molecule has 2 saturated heterocycles. The zero-order valence-corrected chi connectivity index (χ0v) is 17.9. The molecule has 2 fully saturated rings. The molecule has 2 rings (SSSR count). The van der Waals surface area contributed by atoms with Crippen LogP contribution in [0.1, 0.15) is 0 Å². The third-order valence-electron chi connectivity index (χ3n) is 5.74. The average Bonchev–Trinajstić information content (AvgIpc) is 2.84. The summed E-state index contributed by atoms with van der Waals surface area (Å²) >= 11 is 0. The highest BCUT2D eigenvalue weighted by Crippen LogP contribution is 2.30. The van der Waals surface area contributed by atoms with Crippen LogP contribution < -0.4 is 0 Å². The summed E-state index contributed by atoms with van der Waals surface area (Å²) in [6.45, 7) is -3.55. The molecule has 0 spiro atoms. The maximum absolute atomic E-state index is 10.7. The third-order valence-corrected chi connectivity index (χ3v) is 5.74. The lowest BCUT2D eigenvalue weighted by Crippen LogP contribution is -2.65. The van der Waals surface area contributed by atoms with Gasteiger partial charge in [0.05, 0.1) is 26.4 Å². The zero-order chi connectivity index (χ0) is 25.7. The quantitative estimate of drug-likeness (QED) is 0.124. The topological polar surface area (TPSA) is 280 Å². The van der Waals surface area contributed by atoms with Crippen LogP contribution >= 0.6 is 0 Å². The molecule has 0 radical (unpaired) electrons. The molecule has 0 saturated carbocycles. The highest BCUT2D eigenvalue weighted by atomic mass is 16.7. The van der Waals surface area contributed by atoms with Crippen molar-refractivity contribution in [3.05, 3.63) is 0 Å². The van der Waals surface area contributed by atoms with Gasteiger partial charge in [0.25, 0.3) is 0 Å². The predicted octanol–water partition coefficient (Wildman–Crippen LogP) is -7.94. The number of aliphatic hydroxyl groups is 12. The SMILES string of the molecule is OC[C@@H](O)[C@@H](O[C@H]1O[C@H](CO)[C@@H](O)[C@H](O[C@@H]2O[C@H](CO)[C@H](O)[C@H](O)[C@H]2O)[C@H]1O)[C@H](O)[C@@H](O)CO. The maximum atomic E-state index is 10.7. The molecule has 0 aromatic heterocycles. The normalized spacial score (nSPS) is 42.7. The number of aliphatic hydroxyl groups excluding tert-OH is 12. The first-order chi connectivity index (χ1) is 16.0. The van der Waals surface area contributed by atoms with E-state index in [1.807, 2.05) is 0 Å². The molecule has 0 aliphatic carbocycles. The second-order valence-corrected chi connectivity index (χ2v) is 8.10. The van der Waals surface area contributed by atoms with Crippen LogP contribution in [0.2, 0.25) is 0 Å². The number of rotatable bonds is 11. The van der Waals surface area contributed by atoms with Gasteiger partial charge in [0.2, 0.25) is 0 Å². The summed E-state index contributed by atoms with van der Waals surface area (Å²) in [5, 5.41) is 118. The van der Waals surface area contributed by atoms with Crippen LogP contribution in [0.3, 0.4) is 0 Å². The second kappa shape index (κ2) is 13.1. The van der Waals surface area contributed by atoms with Crippen LogP contribution in [0.15, 0.2) is 0 Å². The highest BCUT2D eigenvalue weighted by molar-refractivity contribution is 4.95. The van der Waals surface area contributed by atoms with Gasteiger partial charge in [-0.05, 0) is 0 Å². The Kier molecular flexibility index (Phi) is 11.4. The van der Waals surface area contributed by atoms with Gasteiger partial charge >= 0.3 is 0 Å². The Balaban J connectivity index is 2.24. The fourth-order valence-electron chi connectivity index (χ4n) is 3.65. The molecule has 2 aliphatic rings. The molecule has 0 aromatic carbocycles. The zero-order valence-electron chi connectivity index (χ0n) is 17.9. The standard InChI is InChI=1S/C18H34O16/c19-1-5(23)9(25)15(6(24)2-20)33-18-14(30)16(11(27)8(4-22)32-18)34-17-13(29)12(28)10(26)7(3-21)31-17/h5-30H,1-4H2/t5-,6+,7+,8+,9+,10-,11+,12-,13+,14+,15+,16-,17-,18+/m0/s1. The van der Waals surface area contributed by atoms with E-state index in [-0.39, 0.29) is 0 Å². The molecule has 16 nitrogen and oxygen atoms in total. The maximum Gasteiger partial charge on any atom is 0.187 e. The minimum absolute atomic E-state index is 0.777. The summed E-state index contributed by atoms with van der Waals surface area (Å²) in [6.07, 6.45) is -24.9. The van der Waals surface area contributed by atoms with Crippen LogP contribution in [0.5, 0.6) is 0 Å². The fraction of sp³-hybridized carbons (Fsp3) is 1.00. The van der Waals surface area contributed by atoms with Crippen molar-refractivity contribution in [3.63, 3.8) is 0 Å². The predicted molar refractivity (Wildman–Crippen MR) is 103 cm³/mol. The molecule has 0 amide bonds. The molecule has 202 valence electrons. The lowest BCUT2D eigenvalue weighted by molar-refractivity contribution is -0.369. The summed E-state index contributed by atoms with van der Waals surface area (Å²) < 4.78 is 21.1. The molecule has 0 bridgehead atoms. The summed E-state index contributed by atoms with van der Waals surface area (Å²) in [5.74, 6) is 0. The van der Waals surface area contributed by atoms with Crippen LogP contribution in [-0.2, 0) is 18.9 Å². The molecule has 14 atom stereocenters. The lowest BCUT2D eigenvalue weighted by atomic mass is 9.96. The van der Waals surface area contributed by atoms with Crippen molar-refractivity contribution in [2.24, 2.45) is 0 Å². The van der Waals surface area contributed by atoms with E-state index in [0.717, 1.165) is 0 Å². The van der Waals surface area contributed by atoms with Crippen LogP contribution in [0.4, 0.5) is 0 Å². The average molecular weight is 506 g/mol. The Hall–Kier alpha value is -0.640. The van der Waals surface area contributed by atoms with Crippen molar-refractivity contribution in [2.75, 3.05) is 26.4 Å². The first-order valence-electron chi connectivity index (χ1n) is 10.5. The number of hydrogen-bond acceptors (Lipinski definition) is 16. The molecule has 0 aromatic rings. The van der Waals surface area contributed by atoms with E-state index in [4.69, 9.17) is 24.1 Å². The Morgan fingerprint density at radius 3 is 1.68 bits per heavy atom. The molecule has 2 heterocycles. The van der Waals surface area contributed by atoms with Crippen molar-refractivity contribution < 1.29 is 80.2 Å². The number of ether oxygens (including phenoxy) is 4. The van der Waals surface area contributed by atoms with Crippen LogP contribution in [-0.4, -0.2) is 174 Å². The first-order valence-corrected chi connectivity index (χ1v) is 10.5. The molecule has 16 heteroatoms. The molecule has 0 unspecified atom stereocenters. The van der Waals surface area contributed by atoms with Crippen molar-refractivity contribution in [1.29, 1.82) is 0 Å². The van der Waals surface area contributed by atoms with Crippen molar-refractivity contribution >= 4 is 0 Å². The van der Waals surface area contributed by atoms with Gasteiger partial charge in [-0.2, -0.15) is 0 Å². The number of hydrogen-bond donors (Lipinski definition) is 12. The van der Waals surface area contributed by atoms with Crippen molar-refractivity contribution in [2.45, 2.75) is 85.8 Å². The third kappa shape index (κ3) is 6.37. The van der Waals surface area contributed by atoms with E-state index in [1.54, 1.807) is 0 Å². The van der Waals surface area contributed by atoms with Gasteiger partial charge in [-0.3, -0.25) is 0 Å². The summed E-state index contributed by atoms with van der Waals surface area (Å²) in [7, 11) is 0. The van der Waals surface area contributed by atoms with E-state index in [1.165, 1.54) is 0 Å². The van der Waals surface area contributed by atoms with E-state index < -0.39 is 112 Å². The van der Waals surface area contributed by atoms with Gasteiger partial charge < -0.3 is 80.2 Å². The van der Waals surface area contributed by atoms with Crippen molar-refractivity contribution in [1.82, 2.24) is 0 Å². The Labute approximate surface area is 193 Å². The monoisotopic (exact) mass is 506 g/mol. The highest BCUT2D eigenvalue weighted by Gasteiger charge is 2.52. The van der Waals surface area contributed by atoms with Gasteiger partial charge in [-0.1, -0.05) is 0 Å². The van der Waals surface area contributed by atoms with Crippen molar-refractivity contribution in [3.8, 4) is 0 Å². The minimum atomic E-state index is -1.98. The smallest absolute Gasteiger partial charge is 0.187 e. The summed E-state index contributed by atoms with van der Waals surface area (Å²) in [6, 6.07) is 0. The van der Waals surface area contributed by atoms with Gasteiger partial charge in [0.15, 0.2) is 12.6 Å². The molecule has 12 N–H and O–H groups in total. The first kappa shape index (κ1) is 29.6. The van der Waals surface area contributed by atoms with E-state index in [0.29, 0.717) is 0 Å². The summed E-state index contributed by atoms with van der Waals surface area (Å²) in [4.78, 5) is 0. The second-order valence-electron chi connectivity index (χ2n) is 8.10. The van der Waals surface area contributed by atoms with Gasteiger partial charge in [0.1, 0.15) is 73.2 Å². The van der Waals surface area contributed by atoms with E-state index in [2.05, 4.69) is 0 Å². The largest absolute Gasteiger partial charge is 0.394 e. The van der Waals surface area contributed by atoms with E-state index in [9.17, 15) is 56.2 Å². The van der Waals surface area contributed by atoms with Crippen LogP contribution in [0.25, 0.3) is 0 Å². The Bertz CT molecular complexity index is 596. The fourth-order valence-corrected chi connectivity index (χ4v) is 3.65. The van der Waals surface area contributed by atoms with Gasteiger partial charge in [-0.15, -0.1) is 0 Å². The molecular weight excluding hydrogens is 472 g/mol. The molecule has 2 aliphatic heterocycles. The Morgan fingerprint density at radius 2 is 1.15 bits per heavy atom. The van der Waals surface area contributed by atoms with Gasteiger partial charge in [-0.25, -0.2) is 0 Å². The van der Waals surface area contributed by atoms with Gasteiger partial charge in [0, 0.05) is 0 Å². The lowest BCUT2D eigenvalue weighted by Gasteiger charge is -2.46. The van der Waals surface area contributed by atoms with E-state index >= 15 is 0 Å². The van der Waals surface area contributed by atoms with Crippen LogP contribution in [0, 0.1) is 0 Å².